The molecule has 1 N–H and O–H groups in total. The third-order valence-electron chi connectivity index (χ3n) is 2.59. The molecule has 0 heterocycles. The summed E-state index contributed by atoms with van der Waals surface area (Å²) in [6.07, 6.45) is 0. The number of hydrogen-bond acceptors (Lipinski definition) is 3. The summed E-state index contributed by atoms with van der Waals surface area (Å²) in [6.45, 7) is 0.500. The van der Waals surface area contributed by atoms with Gasteiger partial charge in [-0.15, -0.1) is 0 Å². The Morgan fingerprint density at radius 3 is 2.11 bits per heavy atom. The van der Waals surface area contributed by atoms with E-state index in [2.05, 4.69) is 6.07 Å². The van der Waals surface area contributed by atoms with Crippen molar-refractivity contribution in [1.29, 1.82) is 5.26 Å². The molecule has 2 rings (SSSR count). The van der Waals surface area contributed by atoms with Crippen LogP contribution in [0.2, 0.25) is 0 Å². The zero-order valence-electron chi connectivity index (χ0n) is 9.84. The van der Waals surface area contributed by atoms with Crippen molar-refractivity contribution in [2.75, 3.05) is 0 Å². The van der Waals surface area contributed by atoms with Crippen molar-refractivity contribution < 1.29 is 9.84 Å². The first-order valence-corrected chi connectivity index (χ1v) is 5.63. The van der Waals surface area contributed by atoms with E-state index in [4.69, 9.17) is 15.1 Å². The first kappa shape index (κ1) is 12.2. The fraction of sp³-hybridized carbons (Fsp3) is 0.133. The molecule has 0 saturated carbocycles. The van der Waals surface area contributed by atoms with Crippen LogP contribution >= 0.6 is 0 Å². The molecule has 0 amide bonds. The van der Waals surface area contributed by atoms with Gasteiger partial charge >= 0.3 is 0 Å². The highest BCUT2D eigenvalue weighted by molar-refractivity contribution is 5.32. The molecule has 0 saturated heterocycles. The molecule has 0 aliphatic heterocycles. The van der Waals surface area contributed by atoms with Gasteiger partial charge in [0.25, 0.3) is 0 Å². The normalized spacial score (nSPS) is 9.78. The number of rotatable bonds is 4. The van der Waals surface area contributed by atoms with Crippen LogP contribution in [0.3, 0.4) is 0 Å². The summed E-state index contributed by atoms with van der Waals surface area (Å²) in [7, 11) is 0. The number of hydrogen-bond donors (Lipinski definition) is 1. The molecule has 0 bridgehead atoms. The van der Waals surface area contributed by atoms with Crippen LogP contribution in [-0.4, -0.2) is 5.11 Å². The molecule has 0 aliphatic carbocycles. The number of benzene rings is 2. The lowest BCUT2D eigenvalue weighted by molar-refractivity contribution is 0.280. The van der Waals surface area contributed by atoms with Gasteiger partial charge in [-0.1, -0.05) is 24.3 Å². The van der Waals surface area contributed by atoms with Gasteiger partial charge < -0.3 is 9.84 Å². The van der Waals surface area contributed by atoms with Crippen LogP contribution in [0.4, 0.5) is 0 Å². The van der Waals surface area contributed by atoms with Gasteiger partial charge in [-0.2, -0.15) is 5.26 Å². The number of aliphatic hydroxyl groups is 1. The largest absolute Gasteiger partial charge is 0.489 e. The zero-order chi connectivity index (χ0) is 12.8. The van der Waals surface area contributed by atoms with Gasteiger partial charge in [0.2, 0.25) is 0 Å². The van der Waals surface area contributed by atoms with Crippen molar-refractivity contribution in [2.45, 2.75) is 13.2 Å². The molecular formula is C15H13NO2. The van der Waals surface area contributed by atoms with Crippen LogP contribution in [0.25, 0.3) is 0 Å². The zero-order valence-corrected chi connectivity index (χ0v) is 9.84. The molecule has 0 aliphatic rings. The molecule has 0 atom stereocenters. The van der Waals surface area contributed by atoms with Gasteiger partial charge in [0, 0.05) is 0 Å². The second-order valence-corrected chi connectivity index (χ2v) is 3.90. The highest BCUT2D eigenvalue weighted by atomic mass is 16.5. The van der Waals surface area contributed by atoms with E-state index < -0.39 is 0 Å². The minimum atomic E-state index is 0.0376. The second-order valence-electron chi connectivity index (χ2n) is 3.90. The molecular weight excluding hydrogens is 226 g/mol. The standard InChI is InChI=1S/C15H13NO2/c16-9-12-1-3-14(4-2-12)11-18-15-7-5-13(10-17)6-8-15/h1-8,17H,10-11H2. The summed E-state index contributed by atoms with van der Waals surface area (Å²) in [5.74, 6) is 0.761. The molecule has 2 aromatic rings. The van der Waals surface area contributed by atoms with Crippen LogP contribution in [0.15, 0.2) is 48.5 Å². The van der Waals surface area contributed by atoms with E-state index in [0.717, 1.165) is 16.9 Å². The van der Waals surface area contributed by atoms with Gasteiger partial charge in [0.1, 0.15) is 12.4 Å². The Balaban J connectivity index is 1.95. The van der Waals surface area contributed by atoms with Crippen molar-refractivity contribution in [3.8, 4) is 11.8 Å². The summed E-state index contributed by atoms with van der Waals surface area (Å²) < 4.78 is 5.60. The maximum absolute atomic E-state index is 8.92. The topological polar surface area (TPSA) is 53.2 Å². The molecule has 3 heteroatoms. The molecule has 18 heavy (non-hydrogen) atoms. The first-order chi connectivity index (χ1) is 8.81. The summed E-state index contributed by atoms with van der Waals surface area (Å²) in [6, 6.07) is 16.7. The third-order valence-corrected chi connectivity index (χ3v) is 2.59. The van der Waals surface area contributed by atoms with E-state index >= 15 is 0 Å². The number of ether oxygens (including phenoxy) is 1. The van der Waals surface area contributed by atoms with E-state index in [1.165, 1.54) is 0 Å². The Kier molecular flexibility index (Phi) is 3.95. The van der Waals surface area contributed by atoms with Crippen molar-refractivity contribution >= 4 is 0 Å². The van der Waals surface area contributed by atoms with E-state index in [-0.39, 0.29) is 6.61 Å². The average molecular weight is 239 g/mol. The van der Waals surface area contributed by atoms with Gasteiger partial charge in [-0.25, -0.2) is 0 Å². The fourth-order valence-corrected chi connectivity index (χ4v) is 1.53. The monoisotopic (exact) mass is 239 g/mol. The SMILES string of the molecule is N#Cc1ccc(COc2ccc(CO)cc2)cc1. The molecule has 0 unspecified atom stereocenters. The predicted octanol–water partition coefficient (Wildman–Crippen LogP) is 2.63. The lowest BCUT2D eigenvalue weighted by atomic mass is 10.1. The van der Waals surface area contributed by atoms with Crippen molar-refractivity contribution in [3.63, 3.8) is 0 Å². The number of aliphatic hydroxyl groups excluding tert-OH is 1. The minimum Gasteiger partial charge on any atom is -0.489 e. The molecule has 0 radical (unpaired) electrons. The van der Waals surface area contributed by atoms with Gasteiger partial charge in [-0.3, -0.25) is 0 Å². The first-order valence-electron chi connectivity index (χ1n) is 5.63. The molecule has 90 valence electrons. The molecule has 0 fully saturated rings. The van der Waals surface area contributed by atoms with E-state index in [9.17, 15) is 0 Å². The highest BCUT2D eigenvalue weighted by Gasteiger charge is 1.97. The molecule has 2 aromatic carbocycles. The Morgan fingerprint density at radius 2 is 1.56 bits per heavy atom. The van der Waals surface area contributed by atoms with Crippen molar-refractivity contribution in [3.05, 3.63) is 65.2 Å². The second kappa shape index (κ2) is 5.85. The minimum absolute atomic E-state index is 0.0376. The lowest BCUT2D eigenvalue weighted by Crippen LogP contribution is -1.95. The van der Waals surface area contributed by atoms with Gasteiger partial charge in [-0.05, 0) is 35.4 Å². The Morgan fingerprint density at radius 1 is 0.944 bits per heavy atom. The summed E-state index contributed by atoms with van der Waals surface area (Å²) in [5, 5.41) is 17.6. The van der Waals surface area contributed by atoms with Crippen molar-refractivity contribution in [1.82, 2.24) is 0 Å². The van der Waals surface area contributed by atoms with E-state index in [0.29, 0.717) is 12.2 Å². The molecule has 0 aromatic heterocycles. The quantitative estimate of drug-likeness (QED) is 0.892. The fourth-order valence-electron chi connectivity index (χ4n) is 1.53. The van der Waals surface area contributed by atoms with Gasteiger partial charge in [0.15, 0.2) is 0 Å². The van der Waals surface area contributed by atoms with Crippen LogP contribution < -0.4 is 4.74 Å². The van der Waals surface area contributed by atoms with E-state index in [1.54, 1.807) is 12.1 Å². The Bertz CT molecular complexity index is 538. The number of nitriles is 1. The van der Waals surface area contributed by atoms with E-state index in [1.807, 2.05) is 36.4 Å². The number of nitrogens with zero attached hydrogens (tertiary/aromatic N) is 1. The smallest absolute Gasteiger partial charge is 0.119 e. The summed E-state index contributed by atoms with van der Waals surface area (Å²) in [4.78, 5) is 0. The third kappa shape index (κ3) is 3.09. The lowest BCUT2D eigenvalue weighted by Gasteiger charge is -2.06. The molecule has 0 spiro atoms. The molecule has 3 nitrogen and oxygen atoms in total. The summed E-state index contributed by atoms with van der Waals surface area (Å²) >= 11 is 0. The Hall–Kier alpha value is -2.31. The van der Waals surface area contributed by atoms with Crippen LogP contribution in [0, 0.1) is 11.3 Å². The van der Waals surface area contributed by atoms with Gasteiger partial charge in [0.05, 0.1) is 18.2 Å². The predicted molar refractivity (Wildman–Crippen MR) is 67.9 cm³/mol. The average Bonchev–Trinajstić information content (AvgIpc) is 2.46. The van der Waals surface area contributed by atoms with Crippen LogP contribution in [0.5, 0.6) is 5.75 Å². The highest BCUT2D eigenvalue weighted by Crippen LogP contribution is 2.14. The maximum Gasteiger partial charge on any atom is 0.119 e. The van der Waals surface area contributed by atoms with Crippen LogP contribution in [-0.2, 0) is 13.2 Å². The summed E-state index contributed by atoms with van der Waals surface area (Å²) in [5.41, 5.74) is 2.52. The maximum atomic E-state index is 8.92. The van der Waals surface area contributed by atoms with Crippen molar-refractivity contribution in [2.24, 2.45) is 0 Å². The van der Waals surface area contributed by atoms with Crippen LogP contribution in [0.1, 0.15) is 16.7 Å². The Labute approximate surface area is 106 Å².